The highest BCUT2D eigenvalue weighted by Crippen LogP contribution is 2.50. The van der Waals surface area contributed by atoms with Gasteiger partial charge in [-0.25, -0.2) is 17.6 Å². The van der Waals surface area contributed by atoms with Crippen molar-refractivity contribution in [1.29, 1.82) is 0 Å². The number of nitrogens with two attached hydrogens (primary N) is 1. The van der Waals surface area contributed by atoms with Crippen LogP contribution in [0, 0.1) is 11.6 Å². The van der Waals surface area contributed by atoms with Gasteiger partial charge in [0.15, 0.2) is 5.54 Å². The summed E-state index contributed by atoms with van der Waals surface area (Å²) in [5.41, 5.74) is 2.05. The first kappa shape index (κ1) is 20.1. The number of amidine groups is 1. The zero-order valence-electron chi connectivity index (χ0n) is 15.7. The van der Waals surface area contributed by atoms with Crippen LogP contribution in [-0.2, 0) is 10.3 Å². The van der Waals surface area contributed by atoms with Gasteiger partial charge in [0.25, 0.3) is 0 Å². The third kappa shape index (κ3) is 3.32. The lowest BCUT2D eigenvalue weighted by atomic mass is 9.78. The number of halogens is 4. The SMILES string of the molecule is CC1(C)OCC(N)=NC(C)(c2cc(Nc3ccc(F)cc3)ccc2F)C1(F)F. The van der Waals surface area contributed by atoms with Gasteiger partial charge in [-0.3, -0.25) is 4.99 Å². The van der Waals surface area contributed by atoms with E-state index in [9.17, 15) is 8.78 Å². The predicted octanol–water partition coefficient (Wildman–Crippen LogP) is 4.72. The summed E-state index contributed by atoms with van der Waals surface area (Å²) in [6.07, 6.45) is 0. The van der Waals surface area contributed by atoms with Gasteiger partial charge in [-0.1, -0.05) is 0 Å². The third-order valence-electron chi connectivity index (χ3n) is 4.94. The van der Waals surface area contributed by atoms with Crippen LogP contribution in [0.4, 0.5) is 28.9 Å². The first-order valence-corrected chi connectivity index (χ1v) is 8.65. The molecule has 2 aromatic rings. The molecule has 4 nitrogen and oxygen atoms in total. The second-order valence-corrected chi connectivity index (χ2v) is 7.38. The quantitative estimate of drug-likeness (QED) is 0.739. The van der Waals surface area contributed by atoms with Crippen LogP contribution in [0.2, 0.25) is 0 Å². The smallest absolute Gasteiger partial charge is 0.304 e. The molecule has 1 aliphatic heterocycles. The van der Waals surface area contributed by atoms with E-state index < -0.39 is 28.7 Å². The minimum atomic E-state index is -3.57. The topological polar surface area (TPSA) is 59.6 Å². The normalized spacial score (nSPS) is 23.6. The van der Waals surface area contributed by atoms with Crippen molar-refractivity contribution in [1.82, 2.24) is 0 Å². The van der Waals surface area contributed by atoms with Crippen LogP contribution in [-0.4, -0.2) is 24.0 Å². The molecule has 150 valence electrons. The molecule has 1 aliphatic rings. The van der Waals surface area contributed by atoms with Crippen molar-refractivity contribution in [2.45, 2.75) is 37.8 Å². The first-order chi connectivity index (χ1) is 13.0. The molecule has 2 aromatic carbocycles. The van der Waals surface area contributed by atoms with Gasteiger partial charge in [0.1, 0.15) is 29.7 Å². The van der Waals surface area contributed by atoms with Gasteiger partial charge >= 0.3 is 5.92 Å². The summed E-state index contributed by atoms with van der Waals surface area (Å²) in [7, 11) is 0. The minimum Gasteiger partial charge on any atom is -0.385 e. The number of hydrogen-bond acceptors (Lipinski definition) is 4. The molecule has 1 atom stereocenters. The zero-order chi connectivity index (χ0) is 20.7. The Labute approximate surface area is 160 Å². The highest BCUT2D eigenvalue weighted by atomic mass is 19.3. The molecule has 0 fully saturated rings. The highest BCUT2D eigenvalue weighted by Gasteiger charge is 2.63. The molecule has 8 heteroatoms. The number of hydrogen-bond donors (Lipinski definition) is 2. The number of nitrogens with zero attached hydrogens (tertiary/aromatic N) is 1. The van der Waals surface area contributed by atoms with Gasteiger partial charge in [-0.2, -0.15) is 0 Å². The fourth-order valence-electron chi connectivity index (χ4n) is 3.23. The molecule has 1 heterocycles. The van der Waals surface area contributed by atoms with Gasteiger partial charge in [0, 0.05) is 16.9 Å². The number of aliphatic imine (C=N–C) groups is 1. The Kier molecular flexibility index (Phi) is 4.87. The molecule has 1 unspecified atom stereocenters. The first-order valence-electron chi connectivity index (χ1n) is 8.65. The Morgan fingerprint density at radius 2 is 1.61 bits per heavy atom. The van der Waals surface area contributed by atoms with E-state index >= 15 is 8.78 Å². The second kappa shape index (κ2) is 6.77. The molecule has 3 N–H and O–H groups in total. The summed E-state index contributed by atoms with van der Waals surface area (Å²) in [4.78, 5) is 3.95. The van der Waals surface area contributed by atoms with Crippen LogP contribution in [0.5, 0.6) is 0 Å². The Morgan fingerprint density at radius 1 is 1.00 bits per heavy atom. The molecular weight excluding hydrogens is 374 g/mol. The molecule has 0 aliphatic carbocycles. The van der Waals surface area contributed by atoms with Crippen molar-refractivity contribution in [3.63, 3.8) is 0 Å². The van der Waals surface area contributed by atoms with E-state index in [2.05, 4.69) is 10.3 Å². The number of ether oxygens (including phenoxy) is 1. The zero-order valence-corrected chi connectivity index (χ0v) is 15.7. The van der Waals surface area contributed by atoms with E-state index in [1.807, 2.05) is 0 Å². The van der Waals surface area contributed by atoms with E-state index in [4.69, 9.17) is 10.5 Å². The maximum Gasteiger partial charge on any atom is 0.304 e. The number of rotatable bonds is 3. The molecular formula is C20H21F4N3O. The Hall–Kier alpha value is -2.61. The van der Waals surface area contributed by atoms with Gasteiger partial charge in [-0.05, 0) is 63.2 Å². The summed E-state index contributed by atoms with van der Waals surface area (Å²) in [5.74, 6) is -4.98. The van der Waals surface area contributed by atoms with Crippen LogP contribution in [0.25, 0.3) is 0 Å². The number of nitrogens with one attached hydrogen (secondary N) is 1. The highest BCUT2D eigenvalue weighted by molar-refractivity contribution is 5.82. The molecule has 0 radical (unpaired) electrons. The summed E-state index contributed by atoms with van der Waals surface area (Å²) in [6.45, 7) is 3.29. The summed E-state index contributed by atoms with van der Waals surface area (Å²) < 4.78 is 63.8. The number of anilines is 2. The molecule has 3 rings (SSSR count). The van der Waals surface area contributed by atoms with Crippen molar-refractivity contribution in [3.05, 3.63) is 59.7 Å². The van der Waals surface area contributed by atoms with Crippen LogP contribution in [0.3, 0.4) is 0 Å². The van der Waals surface area contributed by atoms with Crippen molar-refractivity contribution < 1.29 is 22.3 Å². The Bertz CT molecular complexity index is 912. The minimum absolute atomic E-state index is 0.149. The van der Waals surface area contributed by atoms with E-state index in [1.165, 1.54) is 50.2 Å². The van der Waals surface area contributed by atoms with Crippen LogP contribution >= 0.6 is 0 Å². The van der Waals surface area contributed by atoms with Crippen LogP contribution in [0.15, 0.2) is 47.5 Å². The number of alkyl halides is 2. The molecule has 0 saturated heterocycles. The Balaban J connectivity index is 2.10. The molecule has 0 aromatic heterocycles. The van der Waals surface area contributed by atoms with E-state index in [-0.39, 0.29) is 18.0 Å². The molecule has 0 saturated carbocycles. The summed E-state index contributed by atoms with van der Waals surface area (Å²) in [6, 6.07) is 9.19. The van der Waals surface area contributed by atoms with E-state index in [1.54, 1.807) is 0 Å². The third-order valence-corrected chi connectivity index (χ3v) is 4.94. The fourth-order valence-corrected chi connectivity index (χ4v) is 3.23. The number of benzene rings is 2. The maximum absolute atomic E-state index is 15.4. The van der Waals surface area contributed by atoms with E-state index in [0.29, 0.717) is 11.4 Å². The molecule has 0 amide bonds. The lowest BCUT2D eigenvalue weighted by molar-refractivity contribution is -0.214. The summed E-state index contributed by atoms with van der Waals surface area (Å²) >= 11 is 0. The largest absolute Gasteiger partial charge is 0.385 e. The van der Waals surface area contributed by atoms with E-state index in [0.717, 1.165) is 13.0 Å². The molecule has 0 bridgehead atoms. The van der Waals surface area contributed by atoms with Gasteiger partial charge in [0.05, 0.1) is 0 Å². The van der Waals surface area contributed by atoms with Crippen molar-refractivity contribution in [2.75, 3.05) is 11.9 Å². The van der Waals surface area contributed by atoms with Gasteiger partial charge in [-0.15, -0.1) is 0 Å². The van der Waals surface area contributed by atoms with Crippen molar-refractivity contribution >= 4 is 17.2 Å². The van der Waals surface area contributed by atoms with Crippen molar-refractivity contribution in [2.24, 2.45) is 10.7 Å². The summed E-state index contributed by atoms with van der Waals surface area (Å²) in [5, 5.41) is 2.94. The van der Waals surface area contributed by atoms with Crippen molar-refractivity contribution in [3.8, 4) is 0 Å². The van der Waals surface area contributed by atoms with Crippen LogP contribution < -0.4 is 11.1 Å². The lowest BCUT2D eigenvalue weighted by Crippen LogP contribution is -2.56. The molecule has 0 spiro atoms. The second-order valence-electron chi connectivity index (χ2n) is 7.38. The van der Waals surface area contributed by atoms with Crippen LogP contribution in [0.1, 0.15) is 26.3 Å². The predicted molar refractivity (Wildman–Crippen MR) is 100 cm³/mol. The lowest BCUT2D eigenvalue weighted by Gasteiger charge is -2.42. The van der Waals surface area contributed by atoms with Gasteiger partial charge < -0.3 is 15.8 Å². The standard InChI is InChI=1S/C20H21F4N3O/c1-18(2)20(23,24)19(3,27-17(25)11-28-18)15-10-14(8-9-16(15)22)26-13-6-4-12(21)5-7-13/h4-10,26H,11H2,1-3H3,(H2,25,27). The maximum atomic E-state index is 15.4. The average Bonchev–Trinajstić information content (AvgIpc) is 2.68. The van der Waals surface area contributed by atoms with Gasteiger partial charge in [0.2, 0.25) is 0 Å². The molecule has 28 heavy (non-hydrogen) atoms. The monoisotopic (exact) mass is 395 g/mol. The fraction of sp³-hybridized carbons (Fsp3) is 0.350. The average molecular weight is 395 g/mol. The Morgan fingerprint density at radius 3 is 2.25 bits per heavy atom.